The lowest BCUT2D eigenvalue weighted by atomic mass is 9.93. The van der Waals surface area contributed by atoms with Crippen molar-refractivity contribution >= 4 is 17.5 Å². The minimum atomic E-state index is -0.872. The van der Waals surface area contributed by atoms with E-state index in [0.29, 0.717) is 11.7 Å². The second kappa shape index (κ2) is 11.6. The van der Waals surface area contributed by atoms with Gasteiger partial charge in [-0.2, -0.15) is 0 Å². The molecule has 2 aromatic rings. The van der Waals surface area contributed by atoms with Gasteiger partial charge in [0.25, 0.3) is 0 Å². The average molecular weight is 466 g/mol. The third kappa shape index (κ3) is 6.03. The van der Waals surface area contributed by atoms with Crippen molar-refractivity contribution in [2.45, 2.75) is 82.8 Å². The molecule has 0 heterocycles. The molecular formula is C28H36FN3O2. The smallest absolute Gasteiger partial charge is 0.248 e. The molecule has 0 aromatic heterocycles. The predicted molar refractivity (Wildman–Crippen MR) is 133 cm³/mol. The number of hydrogen-bond acceptors (Lipinski definition) is 3. The second-order valence-corrected chi connectivity index (χ2v) is 9.71. The van der Waals surface area contributed by atoms with Crippen LogP contribution in [-0.4, -0.2) is 30.4 Å². The van der Waals surface area contributed by atoms with Crippen LogP contribution in [-0.2, 0) is 9.59 Å². The number of rotatable bonds is 8. The quantitative estimate of drug-likeness (QED) is 0.564. The van der Waals surface area contributed by atoms with E-state index in [2.05, 4.69) is 10.6 Å². The molecule has 2 fully saturated rings. The number of carbonyl (C=O) groups excluding carboxylic acids is 2. The van der Waals surface area contributed by atoms with Crippen molar-refractivity contribution in [1.29, 1.82) is 0 Å². The topological polar surface area (TPSA) is 61.4 Å². The standard InChI is InChI=1S/C28H36FN3O2/c1-20-10-5-8-17-25(20)27(28(34)31-23-14-3-2-4-15-23)32(24-16-9-11-21(29)18-24)26(33)19-30-22-12-6-7-13-22/h5,8-11,16-18,22-23,27,30H,2-4,6-7,12-15,19H2,1H3,(H,31,34). The number of aryl methyl sites for hydroxylation is 1. The Kier molecular flexibility index (Phi) is 8.33. The Balaban J connectivity index is 1.69. The highest BCUT2D eigenvalue weighted by molar-refractivity contribution is 6.02. The molecule has 0 radical (unpaired) electrons. The Morgan fingerprint density at radius 1 is 0.941 bits per heavy atom. The highest BCUT2D eigenvalue weighted by Gasteiger charge is 2.35. The van der Waals surface area contributed by atoms with Crippen molar-refractivity contribution in [3.05, 3.63) is 65.5 Å². The molecule has 182 valence electrons. The Morgan fingerprint density at radius 2 is 1.62 bits per heavy atom. The van der Waals surface area contributed by atoms with Gasteiger partial charge >= 0.3 is 0 Å². The second-order valence-electron chi connectivity index (χ2n) is 9.71. The molecule has 2 N–H and O–H groups in total. The first-order valence-corrected chi connectivity index (χ1v) is 12.7. The number of nitrogens with zero attached hydrogens (tertiary/aromatic N) is 1. The molecule has 2 aliphatic rings. The molecule has 0 spiro atoms. The molecule has 6 heteroatoms. The first kappa shape index (κ1) is 24.4. The van der Waals surface area contributed by atoms with Crippen LogP contribution >= 0.6 is 0 Å². The number of amides is 2. The highest BCUT2D eigenvalue weighted by atomic mass is 19.1. The van der Waals surface area contributed by atoms with Gasteiger partial charge in [0.15, 0.2) is 0 Å². The summed E-state index contributed by atoms with van der Waals surface area (Å²) in [5.41, 5.74) is 2.07. The Hall–Kier alpha value is -2.73. The largest absolute Gasteiger partial charge is 0.351 e. The Bertz CT molecular complexity index is 983. The van der Waals surface area contributed by atoms with Gasteiger partial charge in [-0.15, -0.1) is 0 Å². The van der Waals surface area contributed by atoms with Crippen molar-refractivity contribution in [3.63, 3.8) is 0 Å². The van der Waals surface area contributed by atoms with Crippen LogP contribution in [0.1, 0.15) is 75.0 Å². The fourth-order valence-corrected chi connectivity index (χ4v) is 5.33. The van der Waals surface area contributed by atoms with Crippen LogP contribution in [0.5, 0.6) is 0 Å². The maximum absolute atomic E-state index is 14.3. The lowest BCUT2D eigenvalue weighted by molar-refractivity contribution is -0.127. The third-order valence-electron chi connectivity index (χ3n) is 7.19. The Morgan fingerprint density at radius 3 is 2.32 bits per heavy atom. The summed E-state index contributed by atoms with van der Waals surface area (Å²) in [7, 11) is 0. The summed E-state index contributed by atoms with van der Waals surface area (Å²) in [6.45, 7) is 2.06. The first-order valence-electron chi connectivity index (χ1n) is 12.7. The van der Waals surface area contributed by atoms with E-state index >= 15 is 0 Å². The van der Waals surface area contributed by atoms with Gasteiger partial charge in [0.2, 0.25) is 11.8 Å². The highest BCUT2D eigenvalue weighted by Crippen LogP contribution is 2.31. The first-order chi connectivity index (χ1) is 16.5. The van der Waals surface area contributed by atoms with Gasteiger partial charge in [-0.25, -0.2) is 4.39 Å². The van der Waals surface area contributed by atoms with Gasteiger partial charge in [0.1, 0.15) is 11.9 Å². The van der Waals surface area contributed by atoms with Crippen molar-refractivity contribution in [2.24, 2.45) is 0 Å². The molecule has 2 saturated carbocycles. The number of anilines is 1. The van der Waals surface area contributed by atoms with Crippen LogP contribution < -0.4 is 15.5 Å². The summed E-state index contributed by atoms with van der Waals surface area (Å²) in [6, 6.07) is 13.2. The number of carbonyl (C=O) groups is 2. The van der Waals surface area contributed by atoms with Gasteiger partial charge in [0, 0.05) is 17.8 Å². The van der Waals surface area contributed by atoms with Crippen LogP contribution in [0.15, 0.2) is 48.5 Å². The van der Waals surface area contributed by atoms with Gasteiger partial charge in [-0.3, -0.25) is 14.5 Å². The minimum Gasteiger partial charge on any atom is -0.351 e. The fourth-order valence-electron chi connectivity index (χ4n) is 5.33. The average Bonchev–Trinajstić information content (AvgIpc) is 3.36. The molecule has 2 aromatic carbocycles. The molecule has 2 amide bonds. The van der Waals surface area contributed by atoms with E-state index in [1.807, 2.05) is 31.2 Å². The van der Waals surface area contributed by atoms with Gasteiger partial charge in [-0.1, -0.05) is 62.4 Å². The SMILES string of the molecule is Cc1ccccc1C(C(=O)NC1CCCCC1)N(C(=O)CNC1CCCC1)c1cccc(F)c1. The van der Waals surface area contributed by atoms with Gasteiger partial charge < -0.3 is 10.6 Å². The summed E-state index contributed by atoms with van der Waals surface area (Å²) in [5, 5.41) is 6.59. The molecule has 34 heavy (non-hydrogen) atoms. The number of benzene rings is 2. The molecule has 0 bridgehead atoms. The van der Waals surface area contributed by atoms with Crippen LogP contribution in [0.4, 0.5) is 10.1 Å². The van der Waals surface area contributed by atoms with Crippen molar-refractivity contribution < 1.29 is 14.0 Å². The van der Waals surface area contributed by atoms with E-state index in [4.69, 9.17) is 0 Å². The lowest BCUT2D eigenvalue weighted by Crippen LogP contribution is -2.50. The summed E-state index contributed by atoms with van der Waals surface area (Å²) < 4.78 is 14.3. The summed E-state index contributed by atoms with van der Waals surface area (Å²) in [5.74, 6) is -0.875. The fraction of sp³-hybridized carbons (Fsp3) is 0.500. The van der Waals surface area contributed by atoms with E-state index in [0.717, 1.165) is 62.5 Å². The van der Waals surface area contributed by atoms with E-state index in [1.165, 1.54) is 23.5 Å². The van der Waals surface area contributed by atoms with Crippen LogP contribution in [0.2, 0.25) is 0 Å². The molecule has 5 nitrogen and oxygen atoms in total. The van der Waals surface area contributed by atoms with E-state index in [9.17, 15) is 14.0 Å². The predicted octanol–water partition coefficient (Wildman–Crippen LogP) is 5.19. The zero-order valence-electron chi connectivity index (χ0n) is 20.1. The van der Waals surface area contributed by atoms with E-state index < -0.39 is 11.9 Å². The zero-order chi connectivity index (χ0) is 23.9. The molecule has 2 aliphatic carbocycles. The normalized spacial score (nSPS) is 17.9. The summed E-state index contributed by atoms with van der Waals surface area (Å²) in [4.78, 5) is 29.0. The van der Waals surface area contributed by atoms with Crippen molar-refractivity contribution in [1.82, 2.24) is 10.6 Å². The molecular weight excluding hydrogens is 429 g/mol. The van der Waals surface area contributed by atoms with Crippen LogP contribution in [0.25, 0.3) is 0 Å². The maximum Gasteiger partial charge on any atom is 0.248 e. The molecule has 1 atom stereocenters. The zero-order valence-corrected chi connectivity index (χ0v) is 20.1. The number of hydrogen-bond donors (Lipinski definition) is 2. The van der Waals surface area contributed by atoms with Crippen LogP contribution in [0.3, 0.4) is 0 Å². The van der Waals surface area contributed by atoms with Gasteiger partial charge in [0.05, 0.1) is 6.54 Å². The molecule has 0 aliphatic heterocycles. The summed E-state index contributed by atoms with van der Waals surface area (Å²) >= 11 is 0. The summed E-state index contributed by atoms with van der Waals surface area (Å²) in [6.07, 6.45) is 9.70. The number of nitrogens with one attached hydrogen (secondary N) is 2. The van der Waals surface area contributed by atoms with Crippen LogP contribution in [0, 0.1) is 12.7 Å². The van der Waals surface area contributed by atoms with E-state index in [1.54, 1.807) is 12.1 Å². The van der Waals surface area contributed by atoms with E-state index in [-0.39, 0.29) is 24.4 Å². The lowest BCUT2D eigenvalue weighted by Gasteiger charge is -2.34. The molecule has 1 unspecified atom stereocenters. The monoisotopic (exact) mass is 465 g/mol. The minimum absolute atomic E-state index is 0.105. The number of halogens is 1. The Labute approximate surface area is 202 Å². The van der Waals surface area contributed by atoms with Crippen molar-refractivity contribution in [2.75, 3.05) is 11.4 Å². The van der Waals surface area contributed by atoms with Gasteiger partial charge in [-0.05, 0) is 61.9 Å². The molecule has 4 rings (SSSR count). The van der Waals surface area contributed by atoms with Crippen molar-refractivity contribution in [3.8, 4) is 0 Å². The maximum atomic E-state index is 14.3. The molecule has 0 saturated heterocycles. The third-order valence-corrected chi connectivity index (χ3v) is 7.19.